The summed E-state index contributed by atoms with van der Waals surface area (Å²) in [5.74, 6) is 0.0793. The van der Waals surface area contributed by atoms with Gasteiger partial charge >= 0.3 is 0 Å². The number of ketones is 1. The summed E-state index contributed by atoms with van der Waals surface area (Å²) in [5, 5.41) is 5.95. The predicted octanol–water partition coefficient (Wildman–Crippen LogP) is 6.09. The van der Waals surface area contributed by atoms with Crippen LogP contribution in [0.4, 0.5) is 0 Å². The number of halogens is 1. The number of Topliss-reactive ketones (excluding diaryl/α,β-unsaturated/α-hetero) is 1. The number of fused-ring (bicyclic) bond motifs is 5. The van der Waals surface area contributed by atoms with Crippen molar-refractivity contribution in [3.63, 3.8) is 0 Å². The highest BCUT2D eigenvalue weighted by molar-refractivity contribution is 9.10. The number of aryl methyl sites for hydroxylation is 1. The molecule has 1 aliphatic heterocycles. The Hall–Kier alpha value is -3.43. The van der Waals surface area contributed by atoms with Crippen LogP contribution in [-0.2, 0) is 6.42 Å². The van der Waals surface area contributed by atoms with Gasteiger partial charge in [0, 0.05) is 33.8 Å². The molecule has 0 bridgehead atoms. The summed E-state index contributed by atoms with van der Waals surface area (Å²) in [6.07, 6.45) is 16.4. The molecule has 0 saturated carbocycles. The van der Waals surface area contributed by atoms with E-state index in [0.29, 0.717) is 0 Å². The third kappa shape index (κ3) is 3.84. The lowest BCUT2D eigenvalue weighted by Gasteiger charge is -2.30. The minimum Gasteiger partial charge on any atom is -0.364 e. The molecule has 0 saturated heterocycles. The van der Waals surface area contributed by atoms with Gasteiger partial charge < -0.3 is 5.32 Å². The van der Waals surface area contributed by atoms with Crippen molar-refractivity contribution < 1.29 is 4.79 Å². The van der Waals surface area contributed by atoms with Crippen molar-refractivity contribution in [2.75, 3.05) is 0 Å². The van der Waals surface area contributed by atoms with Gasteiger partial charge in [0.1, 0.15) is 0 Å². The van der Waals surface area contributed by atoms with E-state index >= 15 is 0 Å². The fourth-order valence-electron chi connectivity index (χ4n) is 5.72. The van der Waals surface area contributed by atoms with E-state index in [2.05, 4.69) is 81.9 Å². The first-order valence-electron chi connectivity index (χ1n) is 12.1. The minimum atomic E-state index is -0.208. The van der Waals surface area contributed by atoms with E-state index < -0.39 is 0 Å². The van der Waals surface area contributed by atoms with Crippen LogP contribution < -0.4 is 15.8 Å². The Balaban J connectivity index is 1.56. The molecule has 3 aromatic carbocycles. The van der Waals surface area contributed by atoms with E-state index in [0.717, 1.165) is 34.1 Å². The molecule has 0 amide bonds. The SMILES string of the molecule is Cc1cccc(Br)c1C(=O)C1C=c2c(ccc3c2=CCc2ccccc2-3)C(C2=CC=CC=CN2)C1. The monoisotopic (exact) mass is 519 g/mol. The Labute approximate surface area is 214 Å². The van der Waals surface area contributed by atoms with Crippen molar-refractivity contribution in [2.24, 2.45) is 5.92 Å². The van der Waals surface area contributed by atoms with Crippen LogP contribution in [0.5, 0.6) is 0 Å². The van der Waals surface area contributed by atoms with E-state index in [1.165, 1.54) is 32.7 Å². The Bertz CT molecular complexity index is 1550. The first kappa shape index (κ1) is 22.1. The molecule has 2 unspecified atom stereocenters. The maximum Gasteiger partial charge on any atom is 0.171 e. The molecule has 0 radical (unpaired) electrons. The highest BCUT2D eigenvalue weighted by Gasteiger charge is 2.32. The van der Waals surface area contributed by atoms with E-state index in [-0.39, 0.29) is 17.6 Å². The molecule has 6 rings (SSSR count). The van der Waals surface area contributed by atoms with Crippen LogP contribution in [0.1, 0.15) is 39.4 Å². The first-order chi connectivity index (χ1) is 17.1. The quantitative estimate of drug-likeness (QED) is 0.424. The molecule has 35 heavy (non-hydrogen) atoms. The molecule has 0 spiro atoms. The maximum absolute atomic E-state index is 14.0. The zero-order valence-electron chi connectivity index (χ0n) is 19.6. The molecule has 0 fully saturated rings. The molecule has 2 nitrogen and oxygen atoms in total. The van der Waals surface area contributed by atoms with Gasteiger partial charge in [0.05, 0.1) is 0 Å². The van der Waals surface area contributed by atoms with E-state index in [1.54, 1.807) is 0 Å². The maximum atomic E-state index is 14.0. The number of allylic oxidation sites excluding steroid dienone is 5. The summed E-state index contributed by atoms with van der Waals surface area (Å²) in [6, 6.07) is 19.2. The van der Waals surface area contributed by atoms with Gasteiger partial charge in [-0.1, -0.05) is 88.8 Å². The van der Waals surface area contributed by atoms with Crippen molar-refractivity contribution >= 4 is 33.9 Å². The first-order valence-corrected chi connectivity index (χ1v) is 12.9. The summed E-state index contributed by atoms with van der Waals surface area (Å²) >= 11 is 3.64. The number of rotatable bonds is 3. The van der Waals surface area contributed by atoms with Crippen LogP contribution in [0.3, 0.4) is 0 Å². The van der Waals surface area contributed by atoms with Gasteiger partial charge in [-0.15, -0.1) is 0 Å². The lowest BCUT2D eigenvalue weighted by Crippen LogP contribution is -2.40. The Morgan fingerprint density at radius 1 is 0.943 bits per heavy atom. The Morgan fingerprint density at radius 3 is 2.71 bits per heavy atom. The van der Waals surface area contributed by atoms with Gasteiger partial charge in [-0.3, -0.25) is 4.79 Å². The van der Waals surface area contributed by atoms with Crippen molar-refractivity contribution in [1.29, 1.82) is 0 Å². The van der Waals surface area contributed by atoms with Gasteiger partial charge in [-0.25, -0.2) is 0 Å². The molecule has 1 N–H and O–H groups in total. The average Bonchev–Trinajstić information content (AvgIpc) is 3.17. The summed E-state index contributed by atoms with van der Waals surface area (Å²) in [4.78, 5) is 14.0. The zero-order chi connectivity index (χ0) is 23.9. The van der Waals surface area contributed by atoms with E-state index in [4.69, 9.17) is 0 Å². The van der Waals surface area contributed by atoms with Gasteiger partial charge in [0.2, 0.25) is 0 Å². The smallest absolute Gasteiger partial charge is 0.171 e. The van der Waals surface area contributed by atoms with Gasteiger partial charge in [0.25, 0.3) is 0 Å². The second-order valence-corrected chi connectivity index (χ2v) is 10.3. The second kappa shape index (κ2) is 8.98. The molecular weight excluding hydrogens is 494 g/mol. The highest BCUT2D eigenvalue weighted by atomic mass is 79.9. The van der Waals surface area contributed by atoms with Crippen LogP contribution in [0.2, 0.25) is 0 Å². The summed E-state index contributed by atoms with van der Waals surface area (Å²) < 4.78 is 0.867. The Kier molecular flexibility index (Phi) is 5.66. The molecule has 3 aliphatic rings. The zero-order valence-corrected chi connectivity index (χ0v) is 21.2. The average molecular weight is 520 g/mol. The van der Waals surface area contributed by atoms with E-state index in [1.807, 2.05) is 43.5 Å². The fourth-order valence-corrected chi connectivity index (χ4v) is 6.38. The summed E-state index contributed by atoms with van der Waals surface area (Å²) in [7, 11) is 0. The molecule has 0 aromatic heterocycles. The predicted molar refractivity (Wildman–Crippen MR) is 147 cm³/mol. The van der Waals surface area contributed by atoms with E-state index in [9.17, 15) is 4.79 Å². The highest BCUT2D eigenvalue weighted by Crippen LogP contribution is 2.36. The standard InChI is InChI=1S/C32H26BrNO/c1-20-8-7-11-29(33)31(20)32(35)22-18-27-25-14-13-21-9-4-5-10-23(21)24(25)15-16-26(27)28(19-22)30-12-3-2-6-17-34-30/h2-12,14-18,22,28,34H,13,19H2,1H3. The van der Waals surface area contributed by atoms with Crippen LogP contribution in [0.25, 0.3) is 23.3 Å². The van der Waals surface area contributed by atoms with Crippen molar-refractivity contribution in [3.8, 4) is 11.1 Å². The fraction of sp³-hybridized carbons (Fsp3) is 0.156. The second-order valence-electron chi connectivity index (χ2n) is 9.46. The third-order valence-electron chi connectivity index (χ3n) is 7.41. The summed E-state index contributed by atoms with van der Waals surface area (Å²) in [6.45, 7) is 2.02. The lowest BCUT2D eigenvalue weighted by molar-refractivity contribution is 0.0942. The molecular formula is C32H26BrNO. The molecule has 172 valence electrons. The number of nitrogens with one attached hydrogen (secondary N) is 1. The molecule has 2 aliphatic carbocycles. The van der Waals surface area contributed by atoms with Crippen LogP contribution in [0.15, 0.2) is 95.3 Å². The van der Waals surface area contributed by atoms with Crippen molar-refractivity contribution in [3.05, 3.63) is 128 Å². The molecule has 3 heteroatoms. The lowest BCUT2D eigenvalue weighted by atomic mass is 9.75. The Morgan fingerprint density at radius 2 is 1.83 bits per heavy atom. The number of carbonyl (C=O) groups excluding carboxylic acids is 1. The third-order valence-corrected chi connectivity index (χ3v) is 8.07. The topological polar surface area (TPSA) is 29.1 Å². The number of benzene rings is 3. The van der Waals surface area contributed by atoms with Crippen LogP contribution in [0, 0.1) is 12.8 Å². The van der Waals surface area contributed by atoms with Crippen molar-refractivity contribution in [1.82, 2.24) is 5.32 Å². The summed E-state index contributed by atoms with van der Waals surface area (Å²) in [5.41, 5.74) is 8.12. The van der Waals surface area contributed by atoms with Gasteiger partial charge in [0.15, 0.2) is 5.78 Å². The van der Waals surface area contributed by atoms with Crippen LogP contribution >= 0.6 is 15.9 Å². The molecule has 1 heterocycles. The number of hydrogen-bond donors (Lipinski definition) is 1. The molecule has 2 atom stereocenters. The normalized spacial score (nSPS) is 19.7. The number of carbonyl (C=O) groups is 1. The largest absolute Gasteiger partial charge is 0.364 e. The molecule has 3 aromatic rings. The van der Waals surface area contributed by atoms with Gasteiger partial charge in [-0.2, -0.15) is 0 Å². The minimum absolute atomic E-state index is 0.106. The number of hydrogen-bond acceptors (Lipinski definition) is 2. The van der Waals surface area contributed by atoms with Crippen LogP contribution in [-0.4, -0.2) is 5.78 Å². The van der Waals surface area contributed by atoms with Gasteiger partial charge in [-0.05, 0) is 76.2 Å². The van der Waals surface area contributed by atoms with Crippen molar-refractivity contribution in [2.45, 2.75) is 25.7 Å².